The monoisotopic (exact) mass is 559 g/mol. The number of thioether (sulfide) groups is 1. The molecule has 5 rings (SSSR count). The summed E-state index contributed by atoms with van der Waals surface area (Å²) in [4.78, 5) is 35.6. The molecule has 0 bridgehead atoms. The standard InChI is InChI=1S/C36H33NO3S/c1-35(2,3)40-34(39)36(25-41-29-20-11-6-12-21-29,33(38)28-18-9-5-10-19-28)31(27-16-7-4-8-17-27)32-30-22-14-13-15-26(30)23-24-37-32/h4-24,31H,25H2,1-3H3. The molecule has 2 unspecified atom stereocenters. The topological polar surface area (TPSA) is 56.3 Å². The SMILES string of the molecule is CC(C)(C)OC(=O)C(CSc1ccccc1)(C(=O)c1ccccc1)C(c1ccccc1)c1nccc2ccccc12. The molecule has 4 aromatic carbocycles. The molecule has 41 heavy (non-hydrogen) atoms. The van der Waals surface area contributed by atoms with Gasteiger partial charge in [0.1, 0.15) is 5.60 Å². The average Bonchev–Trinajstić information content (AvgIpc) is 2.99. The van der Waals surface area contributed by atoms with Gasteiger partial charge in [-0.25, -0.2) is 0 Å². The number of ether oxygens (including phenoxy) is 1. The number of pyridine rings is 1. The Morgan fingerprint density at radius 3 is 2.00 bits per heavy atom. The molecule has 1 aromatic heterocycles. The van der Waals surface area contributed by atoms with Gasteiger partial charge in [-0.05, 0) is 49.9 Å². The van der Waals surface area contributed by atoms with E-state index in [1.165, 1.54) is 11.8 Å². The smallest absolute Gasteiger partial charge is 0.322 e. The van der Waals surface area contributed by atoms with Crippen LogP contribution in [-0.4, -0.2) is 28.1 Å². The van der Waals surface area contributed by atoms with E-state index in [0.29, 0.717) is 11.3 Å². The van der Waals surface area contributed by atoms with Crippen LogP contribution >= 0.6 is 11.8 Å². The molecule has 0 N–H and O–H groups in total. The number of fused-ring (bicyclic) bond motifs is 1. The van der Waals surface area contributed by atoms with Crippen molar-refractivity contribution >= 4 is 34.3 Å². The molecule has 5 aromatic rings. The number of ketones is 1. The number of nitrogens with zero attached hydrogens (tertiary/aromatic N) is 1. The number of esters is 1. The molecular formula is C36H33NO3S. The van der Waals surface area contributed by atoms with E-state index in [-0.39, 0.29) is 11.5 Å². The normalized spacial score (nSPS) is 13.7. The van der Waals surface area contributed by atoms with Crippen molar-refractivity contribution in [3.8, 4) is 0 Å². The summed E-state index contributed by atoms with van der Waals surface area (Å²) in [7, 11) is 0. The van der Waals surface area contributed by atoms with Crippen molar-refractivity contribution in [2.45, 2.75) is 37.2 Å². The maximum Gasteiger partial charge on any atom is 0.322 e. The molecule has 0 fully saturated rings. The van der Waals surface area contributed by atoms with E-state index in [1.807, 2.05) is 130 Å². The summed E-state index contributed by atoms with van der Waals surface area (Å²) in [6, 6.07) is 38.6. The lowest BCUT2D eigenvalue weighted by Gasteiger charge is -2.39. The summed E-state index contributed by atoms with van der Waals surface area (Å²) in [6.45, 7) is 5.50. The molecule has 0 saturated heterocycles. The van der Waals surface area contributed by atoms with Gasteiger partial charge in [0.25, 0.3) is 0 Å². The Hall–Kier alpha value is -4.22. The van der Waals surface area contributed by atoms with E-state index >= 15 is 0 Å². The number of carbonyl (C=O) groups is 2. The predicted molar refractivity (Wildman–Crippen MR) is 166 cm³/mol. The second-order valence-electron chi connectivity index (χ2n) is 11.0. The molecule has 2 atom stereocenters. The van der Waals surface area contributed by atoms with E-state index in [4.69, 9.17) is 9.72 Å². The van der Waals surface area contributed by atoms with Crippen LogP contribution < -0.4 is 0 Å². The maximum absolute atomic E-state index is 15.0. The highest BCUT2D eigenvalue weighted by atomic mass is 32.2. The fraction of sp³-hybridized carbons (Fsp3) is 0.194. The molecule has 5 heteroatoms. The third-order valence-corrected chi connectivity index (χ3v) is 8.22. The van der Waals surface area contributed by atoms with Crippen LogP contribution in [-0.2, 0) is 9.53 Å². The molecular weight excluding hydrogens is 526 g/mol. The summed E-state index contributed by atoms with van der Waals surface area (Å²) in [5.74, 6) is -1.43. The molecule has 0 spiro atoms. The van der Waals surface area contributed by atoms with E-state index in [0.717, 1.165) is 21.2 Å². The number of aromatic nitrogens is 1. The van der Waals surface area contributed by atoms with Crippen molar-refractivity contribution in [3.63, 3.8) is 0 Å². The first-order valence-electron chi connectivity index (χ1n) is 13.7. The minimum atomic E-state index is -1.65. The lowest BCUT2D eigenvalue weighted by molar-refractivity contribution is -0.164. The molecule has 206 valence electrons. The van der Waals surface area contributed by atoms with Crippen LogP contribution in [0.5, 0.6) is 0 Å². The second kappa shape index (κ2) is 12.1. The number of rotatable bonds is 9. The number of Topliss-reactive ketones (excluding diaryl/α,β-unsaturated/α-hetero) is 1. The quantitative estimate of drug-likeness (QED) is 0.0786. The number of hydrogen-bond acceptors (Lipinski definition) is 5. The van der Waals surface area contributed by atoms with Gasteiger partial charge >= 0.3 is 5.97 Å². The van der Waals surface area contributed by atoms with Crippen molar-refractivity contribution < 1.29 is 14.3 Å². The number of benzene rings is 4. The molecule has 0 saturated carbocycles. The first kappa shape index (κ1) is 28.3. The lowest BCUT2D eigenvalue weighted by atomic mass is 9.66. The molecule has 0 aliphatic rings. The van der Waals surface area contributed by atoms with Crippen LogP contribution in [0.15, 0.2) is 132 Å². The highest BCUT2D eigenvalue weighted by Crippen LogP contribution is 2.49. The zero-order chi connectivity index (χ0) is 28.9. The third kappa shape index (κ3) is 6.10. The number of hydrogen-bond donors (Lipinski definition) is 0. The average molecular weight is 560 g/mol. The largest absolute Gasteiger partial charge is 0.459 e. The molecule has 1 heterocycles. The molecule has 0 aliphatic carbocycles. The molecule has 0 radical (unpaired) electrons. The Kier molecular flexibility index (Phi) is 8.36. The van der Waals surface area contributed by atoms with E-state index in [9.17, 15) is 9.59 Å². The first-order valence-corrected chi connectivity index (χ1v) is 14.7. The van der Waals surface area contributed by atoms with Crippen molar-refractivity contribution in [3.05, 3.63) is 144 Å². The highest BCUT2D eigenvalue weighted by Gasteiger charge is 2.56. The molecule has 0 aliphatic heterocycles. The summed E-state index contributed by atoms with van der Waals surface area (Å²) >= 11 is 1.48. The Morgan fingerprint density at radius 2 is 1.34 bits per heavy atom. The van der Waals surface area contributed by atoms with Crippen LogP contribution in [0.2, 0.25) is 0 Å². The fourth-order valence-corrected chi connectivity index (χ4v) is 6.33. The summed E-state index contributed by atoms with van der Waals surface area (Å²) < 4.78 is 6.17. The van der Waals surface area contributed by atoms with Gasteiger partial charge in [-0.15, -0.1) is 11.8 Å². The van der Waals surface area contributed by atoms with Crippen LogP contribution in [0.25, 0.3) is 10.8 Å². The Morgan fingerprint density at radius 1 is 0.756 bits per heavy atom. The zero-order valence-electron chi connectivity index (χ0n) is 23.5. The van der Waals surface area contributed by atoms with Gasteiger partial charge in [0.2, 0.25) is 0 Å². The van der Waals surface area contributed by atoms with Gasteiger partial charge in [-0.3, -0.25) is 14.6 Å². The zero-order valence-corrected chi connectivity index (χ0v) is 24.3. The summed E-state index contributed by atoms with van der Waals surface area (Å²) in [5.41, 5.74) is -0.524. The van der Waals surface area contributed by atoms with Gasteiger partial charge in [-0.1, -0.05) is 103 Å². The maximum atomic E-state index is 15.0. The Bertz CT molecular complexity index is 1630. The minimum Gasteiger partial charge on any atom is -0.459 e. The van der Waals surface area contributed by atoms with Gasteiger partial charge in [-0.2, -0.15) is 0 Å². The van der Waals surface area contributed by atoms with Gasteiger partial charge in [0.05, 0.1) is 11.6 Å². The first-order chi connectivity index (χ1) is 19.8. The molecule has 0 amide bonds. The van der Waals surface area contributed by atoms with Crippen LogP contribution in [0.1, 0.15) is 48.3 Å². The summed E-state index contributed by atoms with van der Waals surface area (Å²) in [6.07, 6.45) is 1.75. The van der Waals surface area contributed by atoms with E-state index in [1.54, 1.807) is 18.3 Å². The van der Waals surface area contributed by atoms with Crippen LogP contribution in [0, 0.1) is 5.41 Å². The van der Waals surface area contributed by atoms with Crippen molar-refractivity contribution in [1.82, 2.24) is 4.98 Å². The molecule has 4 nitrogen and oxygen atoms in total. The second-order valence-corrected chi connectivity index (χ2v) is 12.1. The van der Waals surface area contributed by atoms with Gasteiger partial charge in [0.15, 0.2) is 11.2 Å². The van der Waals surface area contributed by atoms with Crippen LogP contribution in [0.4, 0.5) is 0 Å². The van der Waals surface area contributed by atoms with Crippen molar-refractivity contribution in [1.29, 1.82) is 0 Å². The summed E-state index contributed by atoms with van der Waals surface area (Å²) in [5, 5.41) is 1.88. The number of carbonyl (C=O) groups excluding carboxylic acids is 2. The van der Waals surface area contributed by atoms with E-state index < -0.39 is 22.9 Å². The van der Waals surface area contributed by atoms with Gasteiger partial charge in [0, 0.05) is 27.8 Å². The van der Waals surface area contributed by atoms with E-state index in [2.05, 4.69) is 0 Å². The van der Waals surface area contributed by atoms with Crippen molar-refractivity contribution in [2.75, 3.05) is 5.75 Å². The Labute approximate surface area is 245 Å². The highest BCUT2D eigenvalue weighted by molar-refractivity contribution is 7.99. The Balaban J connectivity index is 1.84. The fourth-order valence-electron chi connectivity index (χ4n) is 5.17. The minimum absolute atomic E-state index is 0.157. The van der Waals surface area contributed by atoms with Gasteiger partial charge < -0.3 is 4.74 Å². The van der Waals surface area contributed by atoms with Crippen molar-refractivity contribution in [2.24, 2.45) is 5.41 Å². The lowest BCUT2D eigenvalue weighted by Crippen LogP contribution is -2.50. The third-order valence-electron chi connectivity index (χ3n) is 7.02. The van der Waals surface area contributed by atoms with Crippen LogP contribution in [0.3, 0.4) is 0 Å². The predicted octanol–water partition coefficient (Wildman–Crippen LogP) is 8.37.